The lowest BCUT2D eigenvalue weighted by Gasteiger charge is -2.15. The van der Waals surface area contributed by atoms with Crippen LogP contribution < -0.4 is 11.2 Å². The molecule has 1 saturated heterocycles. The minimum atomic E-state index is -2.10. The first-order valence-corrected chi connectivity index (χ1v) is 8.76. The number of hydrogen-bond acceptors (Lipinski definition) is 6. The van der Waals surface area contributed by atoms with E-state index in [1.807, 2.05) is 0 Å². The summed E-state index contributed by atoms with van der Waals surface area (Å²) in [5.41, 5.74) is -1.06. The Morgan fingerprint density at radius 3 is 3.00 bits per heavy atom. The molecule has 1 aliphatic heterocycles. The molecule has 0 saturated carbocycles. The van der Waals surface area contributed by atoms with Gasteiger partial charge in [0.1, 0.15) is 12.3 Å². The monoisotopic (exact) mass is 416 g/mol. The van der Waals surface area contributed by atoms with Gasteiger partial charge in [0, 0.05) is 19.3 Å². The highest BCUT2D eigenvalue weighted by Crippen LogP contribution is 2.29. The van der Waals surface area contributed by atoms with Crippen LogP contribution in [0.4, 0.5) is 0 Å². The molecule has 1 fully saturated rings. The quantitative estimate of drug-likeness (QED) is 0.525. The summed E-state index contributed by atoms with van der Waals surface area (Å²) < 4.78 is 23.0. The second-order valence-corrected chi connectivity index (χ2v) is 6.81. The average Bonchev–Trinajstić information content (AvgIpc) is 2.72. The van der Waals surface area contributed by atoms with Crippen molar-refractivity contribution in [1.29, 1.82) is 0 Å². The molecule has 8 nitrogen and oxygen atoms in total. The van der Waals surface area contributed by atoms with Gasteiger partial charge in [-0.1, -0.05) is 0 Å². The van der Waals surface area contributed by atoms with E-state index in [-0.39, 0.29) is 13.0 Å². The topological polar surface area (TPSA) is 111 Å². The molecular formula is C10H14IN2O6P. The second kappa shape index (κ2) is 6.52. The van der Waals surface area contributed by atoms with Crippen molar-refractivity contribution in [3.05, 3.63) is 30.6 Å². The number of aliphatic hydroxyl groups excluding tert-OH is 1. The second-order valence-electron chi connectivity index (χ2n) is 4.38. The van der Waals surface area contributed by atoms with Crippen LogP contribution in [-0.4, -0.2) is 40.1 Å². The third kappa shape index (κ3) is 3.59. The van der Waals surface area contributed by atoms with Gasteiger partial charge in [0.15, 0.2) is 8.03 Å². The zero-order valence-corrected chi connectivity index (χ0v) is 13.7. The predicted octanol–water partition coefficient (Wildman–Crippen LogP) is -0.0893. The highest BCUT2D eigenvalue weighted by Gasteiger charge is 2.35. The zero-order chi connectivity index (χ0) is 14.9. The summed E-state index contributed by atoms with van der Waals surface area (Å²) in [5.74, 6) is 0. The van der Waals surface area contributed by atoms with E-state index in [2.05, 4.69) is 4.98 Å². The van der Waals surface area contributed by atoms with Crippen molar-refractivity contribution in [2.75, 3.05) is 13.3 Å². The molecule has 0 radical (unpaired) electrons. The summed E-state index contributed by atoms with van der Waals surface area (Å²) in [5, 5.41) is 9.86. The normalized spacial score (nSPS) is 27.6. The maximum atomic E-state index is 11.7. The van der Waals surface area contributed by atoms with Crippen molar-refractivity contribution >= 4 is 30.6 Å². The van der Waals surface area contributed by atoms with Crippen LogP contribution in [0.5, 0.6) is 0 Å². The predicted molar refractivity (Wildman–Crippen MR) is 79.5 cm³/mol. The number of nitrogens with zero attached hydrogens (tertiary/aromatic N) is 1. The maximum absolute atomic E-state index is 11.7. The Labute approximate surface area is 128 Å². The molecule has 2 rings (SSSR count). The minimum absolute atomic E-state index is 0.00115. The van der Waals surface area contributed by atoms with Crippen molar-refractivity contribution in [2.45, 2.75) is 24.9 Å². The fraction of sp³-hybridized carbons (Fsp3) is 0.600. The van der Waals surface area contributed by atoms with Gasteiger partial charge in [-0.15, -0.1) is 0 Å². The van der Waals surface area contributed by atoms with E-state index in [0.29, 0.717) is 3.57 Å². The smallest absolute Gasteiger partial charge is 0.330 e. The SMILES string of the molecule is C[PH](=O)OCC1OC(n2cc(I)c(=O)[nH]c2=O)CC1O. The lowest BCUT2D eigenvalue weighted by atomic mass is 10.2. The molecule has 0 aromatic carbocycles. The Bertz CT molecular complexity index is 629. The standard InChI is InChI=1S/C10H14IN2O6P/c1-20(17)18-4-7-6(14)2-8(19-7)13-3-5(11)9(15)12-10(13)16/h3,6-8,14,20H,2,4H2,1H3,(H,12,15,16). The fourth-order valence-electron chi connectivity index (χ4n) is 1.91. The largest absolute Gasteiger partial charge is 0.390 e. The van der Waals surface area contributed by atoms with Gasteiger partial charge >= 0.3 is 5.69 Å². The molecule has 2 N–H and O–H groups in total. The Hall–Kier alpha value is -0.480. The van der Waals surface area contributed by atoms with Crippen molar-refractivity contribution in [3.63, 3.8) is 0 Å². The fourth-order valence-corrected chi connectivity index (χ4v) is 2.74. The van der Waals surface area contributed by atoms with E-state index in [0.717, 1.165) is 0 Å². The first-order valence-electron chi connectivity index (χ1n) is 5.86. The summed E-state index contributed by atoms with van der Waals surface area (Å²) in [4.78, 5) is 25.2. The molecule has 1 aromatic rings. The molecule has 112 valence electrons. The Morgan fingerprint density at radius 2 is 2.35 bits per heavy atom. The van der Waals surface area contributed by atoms with E-state index in [4.69, 9.17) is 9.26 Å². The van der Waals surface area contributed by atoms with E-state index in [1.165, 1.54) is 17.4 Å². The van der Waals surface area contributed by atoms with Crippen LogP contribution in [-0.2, 0) is 13.8 Å². The van der Waals surface area contributed by atoms with Gasteiger partial charge in [0.05, 0.1) is 16.3 Å². The van der Waals surface area contributed by atoms with Gasteiger partial charge in [0.25, 0.3) is 5.56 Å². The van der Waals surface area contributed by atoms with Crippen LogP contribution in [0.15, 0.2) is 15.8 Å². The van der Waals surface area contributed by atoms with Gasteiger partial charge in [-0.2, -0.15) is 0 Å². The van der Waals surface area contributed by atoms with Crippen LogP contribution >= 0.6 is 30.6 Å². The molecule has 0 spiro atoms. The summed E-state index contributed by atoms with van der Waals surface area (Å²) >= 11 is 1.81. The molecule has 4 atom stereocenters. The first kappa shape index (κ1) is 15.9. The van der Waals surface area contributed by atoms with Crippen molar-refractivity contribution in [3.8, 4) is 0 Å². The maximum Gasteiger partial charge on any atom is 0.330 e. The number of hydrogen-bond donors (Lipinski definition) is 2. The van der Waals surface area contributed by atoms with Crippen LogP contribution in [0.3, 0.4) is 0 Å². The summed E-state index contributed by atoms with van der Waals surface area (Å²) in [7, 11) is -2.10. The van der Waals surface area contributed by atoms with Crippen molar-refractivity contribution in [2.24, 2.45) is 0 Å². The van der Waals surface area contributed by atoms with Crippen LogP contribution in [0.25, 0.3) is 0 Å². The first-order chi connectivity index (χ1) is 9.38. The van der Waals surface area contributed by atoms with E-state index < -0.39 is 37.7 Å². The van der Waals surface area contributed by atoms with Crippen LogP contribution in [0, 0.1) is 3.57 Å². The highest BCUT2D eigenvalue weighted by atomic mass is 127. The number of ether oxygens (including phenoxy) is 1. The number of H-pyrrole nitrogens is 1. The molecule has 10 heteroatoms. The lowest BCUT2D eigenvalue weighted by Crippen LogP contribution is -2.33. The van der Waals surface area contributed by atoms with Gasteiger partial charge in [-0.3, -0.25) is 18.9 Å². The molecule has 20 heavy (non-hydrogen) atoms. The summed E-state index contributed by atoms with van der Waals surface area (Å²) in [6.45, 7) is 1.44. The molecule has 0 amide bonds. The number of aliphatic hydroxyl groups is 1. The van der Waals surface area contributed by atoms with Gasteiger partial charge in [0.2, 0.25) is 0 Å². The van der Waals surface area contributed by atoms with E-state index in [1.54, 1.807) is 22.6 Å². The van der Waals surface area contributed by atoms with Crippen molar-refractivity contribution < 1.29 is 18.9 Å². The summed E-state index contributed by atoms with van der Waals surface area (Å²) in [6.07, 6.45) is -0.579. The number of aromatic nitrogens is 2. The average molecular weight is 416 g/mol. The third-order valence-corrected chi connectivity index (χ3v) is 4.23. The lowest BCUT2D eigenvalue weighted by molar-refractivity contribution is -0.0397. The number of halogens is 1. The molecular weight excluding hydrogens is 402 g/mol. The van der Waals surface area contributed by atoms with E-state index >= 15 is 0 Å². The molecule has 1 aliphatic rings. The summed E-state index contributed by atoms with van der Waals surface area (Å²) in [6, 6.07) is 0. The van der Waals surface area contributed by atoms with Gasteiger partial charge in [-0.25, -0.2) is 4.79 Å². The molecule has 0 bridgehead atoms. The number of nitrogens with one attached hydrogen (secondary N) is 1. The van der Waals surface area contributed by atoms with Crippen molar-refractivity contribution in [1.82, 2.24) is 9.55 Å². The Balaban J connectivity index is 2.16. The highest BCUT2D eigenvalue weighted by molar-refractivity contribution is 14.1. The van der Waals surface area contributed by atoms with E-state index in [9.17, 15) is 19.3 Å². The van der Waals surface area contributed by atoms with Crippen LogP contribution in [0.2, 0.25) is 0 Å². The Kier molecular flexibility index (Phi) is 5.19. The molecule has 0 aliphatic carbocycles. The number of rotatable bonds is 4. The zero-order valence-electron chi connectivity index (χ0n) is 10.5. The number of aromatic amines is 1. The minimum Gasteiger partial charge on any atom is -0.390 e. The van der Waals surface area contributed by atoms with Gasteiger partial charge in [-0.05, 0) is 22.6 Å². The Morgan fingerprint density at radius 1 is 1.65 bits per heavy atom. The molecule has 4 unspecified atom stereocenters. The molecule has 1 aromatic heterocycles. The van der Waals surface area contributed by atoms with Gasteiger partial charge < -0.3 is 14.4 Å². The third-order valence-electron chi connectivity index (χ3n) is 2.89. The van der Waals surface area contributed by atoms with Crippen LogP contribution in [0.1, 0.15) is 12.6 Å². The molecule has 2 heterocycles.